The Hall–Kier alpha value is -2.74. The van der Waals surface area contributed by atoms with Crippen molar-refractivity contribution in [3.63, 3.8) is 0 Å². The highest BCUT2D eigenvalue weighted by molar-refractivity contribution is 9.10. The molecule has 8 heteroatoms. The van der Waals surface area contributed by atoms with Gasteiger partial charge in [0.25, 0.3) is 11.6 Å². The zero-order valence-electron chi connectivity index (χ0n) is 13.4. The van der Waals surface area contributed by atoms with Crippen LogP contribution in [0.25, 0.3) is 0 Å². The first-order valence-corrected chi connectivity index (χ1v) is 8.28. The summed E-state index contributed by atoms with van der Waals surface area (Å²) in [4.78, 5) is 22.3. The lowest BCUT2D eigenvalue weighted by atomic mass is 10.2. The number of nitro groups is 1. The Morgan fingerprint density at radius 1 is 1.36 bits per heavy atom. The van der Waals surface area contributed by atoms with E-state index in [1.807, 2.05) is 19.1 Å². The second kappa shape index (κ2) is 8.93. The molecule has 0 aliphatic carbocycles. The van der Waals surface area contributed by atoms with Crippen molar-refractivity contribution in [2.45, 2.75) is 19.4 Å². The Balaban J connectivity index is 1.93. The van der Waals surface area contributed by atoms with Gasteiger partial charge in [-0.3, -0.25) is 14.9 Å². The summed E-state index contributed by atoms with van der Waals surface area (Å²) in [5, 5.41) is 14.5. The Bertz CT molecular complexity index is 778. The number of carbonyl (C=O) groups excluding carboxylic acids is 1. The summed E-state index contributed by atoms with van der Waals surface area (Å²) >= 11 is 3.35. The molecule has 2 aromatic rings. The summed E-state index contributed by atoms with van der Waals surface area (Å²) in [6.45, 7) is 1.84. The second-order valence-corrected chi connectivity index (χ2v) is 5.97. The van der Waals surface area contributed by atoms with Gasteiger partial charge in [-0.1, -0.05) is 28.9 Å². The largest absolute Gasteiger partial charge is 0.481 e. The van der Waals surface area contributed by atoms with E-state index in [9.17, 15) is 14.9 Å². The van der Waals surface area contributed by atoms with Crippen LogP contribution in [0.5, 0.6) is 5.75 Å². The molecule has 0 unspecified atom stereocenters. The van der Waals surface area contributed by atoms with Crippen LogP contribution in [0.4, 0.5) is 5.69 Å². The Kier molecular flexibility index (Phi) is 6.64. The molecule has 0 radical (unpaired) electrons. The molecule has 0 saturated carbocycles. The molecule has 2 aromatic carbocycles. The quantitative estimate of drug-likeness (QED) is 0.431. The maximum absolute atomic E-state index is 12.1. The fourth-order valence-corrected chi connectivity index (χ4v) is 2.33. The second-order valence-electron chi connectivity index (χ2n) is 5.06. The number of hydrogen-bond donors (Lipinski definition) is 1. The summed E-state index contributed by atoms with van der Waals surface area (Å²) < 4.78 is 6.52. The third-order valence-corrected chi connectivity index (χ3v) is 3.72. The molecule has 0 saturated heterocycles. The fraction of sp³-hybridized carbons (Fsp3) is 0.176. The van der Waals surface area contributed by atoms with Crippen molar-refractivity contribution < 1.29 is 14.5 Å². The molecule has 1 atom stereocenters. The third-order valence-electron chi connectivity index (χ3n) is 3.23. The molecule has 0 bridgehead atoms. The van der Waals surface area contributed by atoms with Gasteiger partial charge in [-0.2, -0.15) is 5.10 Å². The normalized spacial score (nSPS) is 11.9. The van der Waals surface area contributed by atoms with Crippen LogP contribution in [-0.2, 0) is 4.79 Å². The molecule has 0 heterocycles. The van der Waals surface area contributed by atoms with Gasteiger partial charge in [0.15, 0.2) is 6.10 Å². The molecule has 25 heavy (non-hydrogen) atoms. The molecule has 7 nitrogen and oxygen atoms in total. The van der Waals surface area contributed by atoms with Gasteiger partial charge in [-0.05, 0) is 42.3 Å². The maximum atomic E-state index is 12.1. The molecule has 0 fully saturated rings. The van der Waals surface area contributed by atoms with E-state index in [4.69, 9.17) is 4.74 Å². The maximum Gasteiger partial charge on any atom is 0.281 e. The Morgan fingerprint density at radius 3 is 2.68 bits per heavy atom. The van der Waals surface area contributed by atoms with Crippen molar-refractivity contribution >= 4 is 33.7 Å². The summed E-state index contributed by atoms with van der Waals surface area (Å²) in [7, 11) is 0. The number of ether oxygens (including phenoxy) is 1. The average molecular weight is 406 g/mol. The van der Waals surface area contributed by atoms with E-state index >= 15 is 0 Å². The highest BCUT2D eigenvalue weighted by Gasteiger charge is 2.17. The lowest BCUT2D eigenvalue weighted by Gasteiger charge is -2.15. The smallest absolute Gasteiger partial charge is 0.281 e. The van der Waals surface area contributed by atoms with Gasteiger partial charge in [-0.25, -0.2) is 5.43 Å². The van der Waals surface area contributed by atoms with Crippen molar-refractivity contribution in [1.29, 1.82) is 0 Å². The molecule has 0 aliphatic heterocycles. The van der Waals surface area contributed by atoms with E-state index in [0.29, 0.717) is 17.7 Å². The molecule has 0 aliphatic rings. The van der Waals surface area contributed by atoms with Crippen LogP contribution in [0.3, 0.4) is 0 Å². The van der Waals surface area contributed by atoms with Gasteiger partial charge < -0.3 is 4.74 Å². The van der Waals surface area contributed by atoms with Crippen LogP contribution in [0.1, 0.15) is 18.9 Å². The van der Waals surface area contributed by atoms with Crippen molar-refractivity contribution in [2.24, 2.45) is 5.10 Å². The number of carbonyl (C=O) groups is 1. The van der Waals surface area contributed by atoms with Gasteiger partial charge in [0, 0.05) is 16.6 Å². The van der Waals surface area contributed by atoms with Crippen LogP contribution in [0, 0.1) is 10.1 Å². The zero-order valence-corrected chi connectivity index (χ0v) is 15.0. The fourth-order valence-electron chi connectivity index (χ4n) is 1.95. The lowest BCUT2D eigenvalue weighted by molar-refractivity contribution is -0.384. The summed E-state index contributed by atoms with van der Waals surface area (Å²) in [5.41, 5.74) is 3.04. The lowest BCUT2D eigenvalue weighted by Crippen LogP contribution is -2.35. The van der Waals surface area contributed by atoms with E-state index in [2.05, 4.69) is 26.5 Å². The first-order chi connectivity index (χ1) is 12.0. The van der Waals surface area contributed by atoms with E-state index in [-0.39, 0.29) is 11.6 Å². The number of nitro benzene ring substituents is 1. The van der Waals surface area contributed by atoms with Crippen LogP contribution in [0.15, 0.2) is 58.1 Å². The third kappa shape index (κ3) is 5.68. The van der Waals surface area contributed by atoms with Gasteiger partial charge in [-0.15, -0.1) is 0 Å². The minimum Gasteiger partial charge on any atom is -0.481 e. The van der Waals surface area contributed by atoms with Crippen LogP contribution in [-0.4, -0.2) is 23.1 Å². The predicted molar refractivity (Wildman–Crippen MR) is 97.7 cm³/mol. The molecule has 0 aromatic heterocycles. The van der Waals surface area contributed by atoms with E-state index < -0.39 is 11.0 Å². The topological polar surface area (TPSA) is 93.8 Å². The number of nitrogens with one attached hydrogen (secondary N) is 1. The van der Waals surface area contributed by atoms with Crippen molar-refractivity contribution in [1.82, 2.24) is 5.43 Å². The number of nitrogens with zero attached hydrogens (tertiary/aromatic N) is 2. The molecule has 0 spiro atoms. The number of amides is 1. The van der Waals surface area contributed by atoms with Gasteiger partial charge >= 0.3 is 0 Å². The van der Waals surface area contributed by atoms with Gasteiger partial charge in [0.2, 0.25) is 0 Å². The standard InChI is InChI=1S/C17H16BrN3O4/c1-2-16(25-15-5-3-4-13(18)10-15)17(22)20-19-11-12-6-8-14(9-7-12)21(23)24/h3-11,16H,2H2,1H3,(H,20,22)/b19-11-/t16-/m0/s1. The summed E-state index contributed by atoms with van der Waals surface area (Å²) in [6.07, 6.45) is 1.21. The minimum absolute atomic E-state index is 0.00495. The van der Waals surface area contributed by atoms with E-state index in [1.165, 1.54) is 18.3 Å². The first kappa shape index (κ1) is 18.6. The number of hydrogen-bond acceptors (Lipinski definition) is 5. The summed E-state index contributed by atoms with van der Waals surface area (Å²) in [6, 6.07) is 13.0. The number of rotatable bonds is 7. The average Bonchev–Trinajstić information content (AvgIpc) is 2.60. The molecule has 130 valence electrons. The molecular formula is C17H16BrN3O4. The zero-order chi connectivity index (χ0) is 18.2. The van der Waals surface area contributed by atoms with Crippen molar-refractivity contribution in [3.05, 3.63) is 68.7 Å². The first-order valence-electron chi connectivity index (χ1n) is 7.49. The van der Waals surface area contributed by atoms with Crippen molar-refractivity contribution in [3.8, 4) is 5.75 Å². The number of halogens is 1. The van der Waals surface area contributed by atoms with Crippen molar-refractivity contribution in [2.75, 3.05) is 0 Å². The predicted octanol–water partition coefficient (Wildman–Crippen LogP) is 3.67. The highest BCUT2D eigenvalue weighted by Crippen LogP contribution is 2.19. The monoisotopic (exact) mass is 405 g/mol. The molecule has 1 amide bonds. The van der Waals surface area contributed by atoms with Crippen LogP contribution < -0.4 is 10.2 Å². The number of hydrazone groups is 1. The Morgan fingerprint density at radius 2 is 2.08 bits per heavy atom. The van der Waals surface area contributed by atoms with E-state index in [1.54, 1.807) is 24.3 Å². The molecule has 1 N–H and O–H groups in total. The van der Waals surface area contributed by atoms with Crippen LogP contribution in [0.2, 0.25) is 0 Å². The molecular weight excluding hydrogens is 390 g/mol. The highest BCUT2D eigenvalue weighted by atomic mass is 79.9. The molecule has 2 rings (SSSR count). The Labute approximate surface area is 153 Å². The number of non-ortho nitro benzene ring substituents is 1. The number of benzene rings is 2. The minimum atomic E-state index is -0.677. The van der Waals surface area contributed by atoms with E-state index in [0.717, 1.165) is 4.47 Å². The van der Waals surface area contributed by atoms with Gasteiger partial charge in [0.1, 0.15) is 5.75 Å². The SMILES string of the molecule is CC[C@H](Oc1cccc(Br)c1)C(=O)N/N=C\c1ccc([N+](=O)[O-])cc1. The van der Waals surface area contributed by atoms with Gasteiger partial charge in [0.05, 0.1) is 11.1 Å². The summed E-state index contributed by atoms with van der Waals surface area (Å²) in [5.74, 6) is 0.205. The van der Waals surface area contributed by atoms with Crippen LogP contribution >= 0.6 is 15.9 Å².